The predicted octanol–water partition coefficient (Wildman–Crippen LogP) is 3.01. The zero-order chi connectivity index (χ0) is 13.7. The van der Waals surface area contributed by atoms with Gasteiger partial charge in [-0.05, 0) is 42.3 Å². The van der Waals surface area contributed by atoms with Gasteiger partial charge in [-0.1, -0.05) is 11.6 Å². The van der Waals surface area contributed by atoms with Crippen LogP contribution in [0.15, 0.2) is 42.7 Å². The van der Waals surface area contributed by atoms with Gasteiger partial charge in [0.15, 0.2) is 0 Å². The molecule has 0 spiro atoms. The fourth-order valence-electron chi connectivity index (χ4n) is 1.62. The highest BCUT2D eigenvalue weighted by Gasteiger charge is 2.05. The van der Waals surface area contributed by atoms with Gasteiger partial charge >= 0.3 is 0 Å². The van der Waals surface area contributed by atoms with E-state index in [2.05, 4.69) is 10.3 Å². The fourth-order valence-corrected chi connectivity index (χ4v) is 1.80. The van der Waals surface area contributed by atoms with Gasteiger partial charge in [0.2, 0.25) is 5.91 Å². The number of aromatic nitrogens is 1. The first-order valence-corrected chi connectivity index (χ1v) is 6.20. The molecule has 2 aromatic rings. The first-order chi connectivity index (χ1) is 9.15. The van der Waals surface area contributed by atoms with Crippen LogP contribution < -0.4 is 5.32 Å². The second-order valence-corrected chi connectivity index (χ2v) is 4.48. The number of halogens is 1. The molecule has 2 N–H and O–H groups in total. The van der Waals surface area contributed by atoms with E-state index in [9.17, 15) is 9.90 Å². The number of benzene rings is 1. The number of pyridine rings is 1. The van der Waals surface area contributed by atoms with Gasteiger partial charge in [0.25, 0.3) is 0 Å². The molecule has 19 heavy (non-hydrogen) atoms. The standard InChI is InChI=1S/C14H13ClN2O2/c15-12-9-11(2-3-13(12)18)17-14(19)4-1-10-5-7-16-8-6-10/h2-3,5-9,18H,1,4H2,(H,17,19). The molecule has 0 radical (unpaired) electrons. The highest BCUT2D eigenvalue weighted by Crippen LogP contribution is 2.26. The number of aryl methyl sites for hydroxylation is 1. The Bertz CT molecular complexity index is 573. The SMILES string of the molecule is O=C(CCc1ccncc1)Nc1ccc(O)c(Cl)c1. The molecule has 1 aromatic carbocycles. The van der Waals surface area contributed by atoms with Crippen LogP contribution in [0.3, 0.4) is 0 Å². The summed E-state index contributed by atoms with van der Waals surface area (Å²) in [5.74, 6) is -0.102. The van der Waals surface area contributed by atoms with E-state index in [-0.39, 0.29) is 16.7 Å². The minimum Gasteiger partial charge on any atom is -0.506 e. The zero-order valence-electron chi connectivity index (χ0n) is 10.1. The minimum atomic E-state index is -0.0985. The van der Waals surface area contributed by atoms with Crippen molar-refractivity contribution < 1.29 is 9.90 Å². The third-order valence-electron chi connectivity index (χ3n) is 2.62. The molecule has 0 unspecified atom stereocenters. The topological polar surface area (TPSA) is 62.2 Å². The van der Waals surface area contributed by atoms with Gasteiger partial charge < -0.3 is 10.4 Å². The number of nitrogens with zero attached hydrogens (tertiary/aromatic N) is 1. The number of hydrogen-bond donors (Lipinski definition) is 2. The van der Waals surface area contributed by atoms with Crippen molar-refractivity contribution >= 4 is 23.2 Å². The van der Waals surface area contributed by atoms with Crippen LogP contribution >= 0.6 is 11.6 Å². The number of carbonyl (C=O) groups is 1. The Labute approximate surface area is 116 Å². The molecular formula is C14H13ClN2O2. The summed E-state index contributed by atoms with van der Waals surface area (Å²) in [5.41, 5.74) is 1.64. The second kappa shape index (κ2) is 6.20. The van der Waals surface area contributed by atoms with Crippen molar-refractivity contribution in [2.75, 3.05) is 5.32 Å². The van der Waals surface area contributed by atoms with Crippen LogP contribution in [0.5, 0.6) is 5.75 Å². The Balaban J connectivity index is 1.89. The lowest BCUT2D eigenvalue weighted by molar-refractivity contribution is -0.116. The third kappa shape index (κ3) is 3.96. The van der Waals surface area contributed by atoms with E-state index in [4.69, 9.17) is 11.6 Å². The first-order valence-electron chi connectivity index (χ1n) is 5.82. The number of anilines is 1. The summed E-state index contributed by atoms with van der Waals surface area (Å²) < 4.78 is 0. The molecule has 0 atom stereocenters. The van der Waals surface area contributed by atoms with Crippen LogP contribution in [0.2, 0.25) is 5.02 Å². The van der Waals surface area contributed by atoms with Gasteiger partial charge in [0, 0.05) is 24.5 Å². The number of amides is 1. The Hall–Kier alpha value is -2.07. The van der Waals surface area contributed by atoms with Crippen LogP contribution in [0.25, 0.3) is 0 Å². The van der Waals surface area contributed by atoms with Crippen LogP contribution in [0.4, 0.5) is 5.69 Å². The molecule has 1 amide bonds. The van der Waals surface area contributed by atoms with Gasteiger partial charge in [-0.2, -0.15) is 0 Å². The maximum Gasteiger partial charge on any atom is 0.224 e. The molecule has 0 fully saturated rings. The molecule has 0 aliphatic rings. The quantitative estimate of drug-likeness (QED) is 0.844. The maximum absolute atomic E-state index is 11.7. The number of phenolic OH excluding ortho intramolecular Hbond substituents is 1. The third-order valence-corrected chi connectivity index (χ3v) is 2.92. The molecule has 0 aliphatic carbocycles. The molecule has 0 bridgehead atoms. The average Bonchev–Trinajstić information content (AvgIpc) is 2.42. The van der Waals surface area contributed by atoms with E-state index in [1.165, 1.54) is 12.1 Å². The molecule has 5 heteroatoms. The summed E-state index contributed by atoms with van der Waals surface area (Å²) in [4.78, 5) is 15.7. The van der Waals surface area contributed by atoms with Gasteiger partial charge in [-0.15, -0.1) is 0 Å². The lowest BCUT2D eigenvalue weighted by Crippen LogP contribution is -2.12. The largest absolute Gasteiger partial charge is 0.506 e. The molecule has 2 rings (SSSR count). The van der Waals surface area contributed by atoms with Gasteiger partial charge in [0.05, 0.1) is 5.02 Å². The minimum absolute atomic E-state index is 0.00329. The number of aromatic hydroxyl groups is 1. The summed E-state index contributed by atoms with van der Waals surface area (Å²) in [7, 11) is 0. The van der Waals surface area contributed by atoms with Gasteiger partial charge in [-0.25, -0.2) is 0 Å². The van der Waals surface area contributed by atoms with Crippen LogP contribution in [0, 0.1) is 0 Å². The molecular weight excluding hydrogens is 264 g/mol. The van der Waals surface area contributed by atoms with Crippen LogP contribution in [-0.4, -0.2) is 16.0 Å². The van der Waals surface area contributed by atoms with Crippen LogP contribution in [0.1, 0.15) is 12.0 Å². The highest BCUT2D eigenvalue weighted by atomic mass is 35.5. The average molecular weight is 277 g/mol. The smallest absolute Gasteiger partial charge is 0.224 e. The lowest BCUT2D eigenvalue weighted by atomic mass is 10.1. The van der Waals surface area contributed by atoms with Crippen molar-refractivity contribution in [2.45, 2.75) is 12.8 Å². The number of rotatable bonds is 4. The summed E-state index contributed by atoms with van der Waals surface area (Å²) >= 11 is 5.76. The van der Waals surface area contributed by atoms with E-state index < -0.39 is 0 Å². The summed E-state index contributed by atoms with van der Waals surface area (Å²) in [5, 5.41) is 12.2. The van der Waals surface area contributed by atoms with Crippen molar-refractivity contribution in [3.05, 3.63) is 53.3 Å². The van der Waals surface area contributed by atoms with E-state index in [0.717, 1.165) is 5.56 Å². The Morgan fingerprint density at radius 3 is 2.68 bits per heavy atom. The van der Waals surface area contributed by atoms with Gasteiger partial charge in [-0.3, -0.25) is 9.78 Å². The number of hydrogen-bond acceptors (Lipinski definition) is 3. The van der Waals surface area contributed by atoms with E-state index in [1.54, 1.807) is 18.5 Å². The zero-order valence-corrected chi connectivity index (χ0v) is 10.9. The molecule has 0 saturated carbocycles. The first kappa shape index (κ1) is 13.4. The summed E-state index contributed by atoms with van der Waals surface area (Å²) in [6.45, 7) is 0. The second-order valence-electron chi connectivity index (χ2n) is 4.07. The Morgan fingerprint density at radius 1 is 1.26 bits per heavy atom. The van der Waals surface area contributed by atoms with Crippen molar-refractivity contribution in [2.24, 2.45) is 0 Å². The van der Waals surface area contributed by atoms with Gasteiger partial charge in [0.1, 0.15) is 5.75 Å². The lowest BCUT2D eigenvalue weighted by Gasteiger charge is -2.06. The molecule has 4 nitrogen and oxygen atoms in total. The van der Waals surface area contributed by atoms with E-state index >= 15 is 0 Å². The monoisotopic (exact) mass is 276 g/mol. The molecule has 98 valence electrons. The molecule has 0 aliphatic heterocycles. The number of nitrogens with one attached hydrogen (secondary N) is 1. The molecule has 1 aromatic heterocycles. The molecule has 1 heterocycles. The predicted molar refractivity (Wildman–Crippen MR) is 74.3 cm³/mol. The Morgan fingerprint density at radius 2 is 2.00 bits per heavy atom. The summed E-state index contributed by atoms with van der Waals surface area (Å²) in [6.07, 6.45) is 4.43. The van der Waals surface area contributed by atoms with E-state index in [1.807, 2.05) is 12.1 Å². The van der Waals surface area contributed by atoms with E-state index in [0.29, 0.717) is 18.5 Å². The van der Waals surface area contributed by atoms with Crippen molar-refractivity contribution in [1.29, 1.82) is 0 Å². The molecule has 0 saturated heterocycles. The fraction of sp³-hybridized carbons (Fsp3) is 0.143. The normalized spacial score (nSPS) is 10.2. The maximum atomic E-state index is 11.7. The number of phenols is 1. The van der Waals surface area contributed by atoms with Crippen molar-refractivity contribution in [3.63, 3.8) is 0 Å². The Kier molecular flexibility index (Phi) is 4.36. The summed E-state index contributed by atoms with van der Waals surface area (Å²) in [6, 6.07) is 8.32. The van der Waals surface area contributed by atoms with Crippen molar-refractivity contribution in [3.8, 4) is 5.75 Å². The highest BCUT2D eigenvalue weighted by molar-refractivity contribution is 6.32. The number of carbonyl (C=O) groups excluding carboxylic acids is 1. The van der Waals surface area contributed by atoms with Crippen molar-refractivity contribution in [1.82, 2.24) is 4.98 Å². The van der Waals surface area contributed by atoms with Crippen LogP contribution in [-0.2, 0) is 11.2 Å².